The van der Waals surface area contributed by atoms with Gasteiger partial charge in [-0.15, -0.1) is 0 Å². The first-order valence-corrected chi connectivity index (χ1v) is 12.4. The van der Waals surface area contributed by atoms with Crippen LogP contribution in [0.25, 0.3) is 0 Å². The summed E-state index contributed by atoms with van der Waals surface area (Å²) in [7, 11) is 0. The number of benzene rings is 2. The van der Waals surface area contributed by atoms with E-state index < -0.39 is 5.97 Å². The van der Waals surface area contributed by atoms with E-state index in [0.29, 0.717) is 36.4 Å². The Morgan fingerprint density at radius 2 is 1.50 bits per heavy atom. The summed E-state index contributed by atoms with van der Waals surface area (Å²) in [5, 5.41) is 11.8. The van der Waals surface area contributed by atoms with Crippen LogP contribution in [-0.2, 0) is 4.79 Å². The van der Waals surface area contributed by atoms with Crippen LogP contribution < -0.4 is 10.1 Å². The highest BCUT2D eigenvalue weighted by molar-refractivity contribution is 5.96. The van der Waals surface area contributed by atoms with E-state index in [1.165, 1.54) is 18.4 Å². The molecule has 2 fully saturated rings. The van der Waals surface area contributed by atoms with Gasteiger partial charge in [0.05, 0.1) is 6.10 Å². The second-order valence-electron chi connectivity index (χ2n) is 9.56. The first-order chi connectivity index (χ1) is 16.5. The minimum atomic E-state index is -0.731. The lowest BCUT2D eigenvalue weighted by Gasteiger charge is -2.28. The molecule has 34 heavy (non-hydrogen) atoms. The van der Waals surface area contributed by atoms with Crippen molar-refractivity contribution in [1.82, 2.24) is 5.32 Å². The maximum atomic E-state index is 12.5. The molecule has 6 heteroatoms. The Labute approximate surface area is 200 Å². The third-order valence-electron chi connectivity index (χ3n) is 6.82. The summed E-state index contributed by atoms with van der Waals surface area (Å²) in [6, 6.07) is 15.0. The highest BCUT2D eigenvalue weighted by Crippen LogP contribution is 2.39. The summed E-state index contributed by atoms with van der Waals surface area (Å²) in [5.74, 6) is 0.866. The molecule has 2 aliphatic carbocycles. The predicted molar refractivity (Wildman–Crippen MR) is 129 cm³/mol. The fourth-order valence-corrected chi connectivity index (χ4v) is 4.63. The van der Waals surface area contributed by atoms with Gasteiger partial charge in [-0.3, -0.25) is 14.4 Å². The maximum Gasteiger partial charge on any atom is 0.303 e. The number of carboxylic acids is 1. The van der Waals surface area contributed by atoms with E-state index in [2.05, 4.69) is 5.32 Å². The largest absolute Gasteiger partial charge is 0.490 e. The lowest BCUT2D eigenvalue weighted by Crippen LogP contribution is -2.25. The zero-order valence-corrected chi connectivity index (χ0v) is 19.5. The van der Waals surface area contributed by atoms with Gasteiger partial charge in [-0.1, -0.05) is 12.1 Å². The number of hydrogen-bond acceptors (Lipinski definition) is 4. The number of nitrogens with one attached hydrogen (secondary N) is 1. The first-order valence-electron chi connectivity index (χ1n) is 12.4. The Bertz CT molecular complexity index is 986. The van der Waals surface area contributed by atoms with Crippen molar-refractivity contribution in [3.05, 3.63) is 65.2 Å². The fraction of sp³-hybridized carbons (Fsp3) is 0.464. The van der Waals surface area contributed by atoms with Crippen molar-refractivity contribution in [2.45, 2.75) is 69.8 Å². The quantitative estimate of drug-likeness (QED) is 0.345. The number of aliphatic carboxylic acids is 1. The molecule has 2 aliphatic rings. The van der Waals surface area contributed by atoms with Gasteiger partial charge in [0, 0.05) is 30.5 Å². The highest BCUT2D eigenvalue weighted by Gasteiger charge is 2.24. The van der Waals surface area contributed by atoms with E-state index in [9.17, 15) is 14.4 Å². The Hall–Kier alpha value is -3.15. The molecule has 0 unspecified atom stereocenters. The summed E-state index contributed by atoms with van der Waals surface area (Å²) in [5.41, 5.74) is 2.60. The lowest BCUT2D eigenvalue weighted by atomic mass is 9.85. The summed E-state index contributed by atoms with van der Waals surface area (Å²) in [6.07, 6.45) is 7.23. The Morgan fingerprint density at radius 3 is 2.12 bits per heavy atom. The van der Waals surface area contributed by atoms with Crippen molar-refractivity contribution in [1.29, 1.82) is 0 Å². The van der Waals surface area contributed by atoms with Gasteiger partial charge in [-0.05, 0) is 98.7 Å². The molecule has 2 saturated carbocycles. The summed E-state index contributed by atoms with van der Waals surface area (Å²) >= 11 is 0. The van der Waals surface area contributed by atoms with Crippen molar-refractivity contribution in [2.24, 2.45) is 5.92 Å². The standard InChI is InChI=1S/C28H33NO5/c30-26(2-1-17-29-28(33)23-9-7-21(8-10-23)20-5-6-20)22-11-15-25(16-12-22)34-24-13-3-19(4-14-24)18-27(31)32/h7-12,15-16,19-20,24H,1-6,13-14,17-18H2,(H,29,33)(H,31,32). The number of hydrogen-bond donors (Lipinski definition) is 2. The number of ether oxygens (including phenoxy) is 1. The third-order valence-corrected chi connectivity index (χ3v) is 6.82. The van der Waals surface area contributed by atoms with Crippen LogP contribution >= 0.6 is 0 Å². The minimum Gasteiger partial charge on any atom is -0.490 e. The molecule has 0 aliphatic heterocycles. The third kappa shape index (κ3) is 6.92. The van der Waals surface area contributed by atoms with E-state index in [-0.39, 0.29) is 30.1 Å². The van der Waals surface area contributed by atoms with Gasteiger partial charge in [-0.2, -0.15) is 0 Å². The van der Waals surface area contributed by atoms with Crippen LogP contribution in [0.2, 0.25) is 0 Å². The van der Waals surface area contributed by atoms with E-state index in [0.717, 1.165) is 31.4 Å². The normalized spacial score (nSPS) is 19.9. The molecule has 6 nitrogen and oxygen atoms in total. The van der Waals surface area contributed by atoms with Crippen molar-refractivity contribution in [3.63, 3.8) is 0 Å². The van der Waals surface area contributed by atoms with E-state index in [1.54, 1.807) is 12.1 Å². The monoisotopic (exact) mass is 463 g/mol. The van der Waals surface area contributed by atoms with Crippen molar-refractivity contribution < 1.29 is 24.2 Å². The molecule has 2 N–H and O–H groups in total. The fourth-order valence-electron chi connectivity index (χ4n) is 4.63. The number of ketones is 1. The molecule has 2 aromatic rings. The molecule has 1 amide bonds. The van der Waals surface area contributed by atoms with Gasteiger partial charge in [0.25, 0.3) is 5.91 Å². The SMILES string of the molecule is O=C(O)CC1CCC(Oc2ccc(C(=O)CCCNC(=O)c3ccc(C4CC4)cc3)cc2)CC1. The van der Waals surface area contributed by atoms with Gasteiger partial charge in [0.2, 0.25) is 0 Å². The average molecular weight is 464 g/mol. The Morgan fingerprint density at radius 1 is 0.853 bits per heavy atom. The average Bonchev–Trinajstić information content (AvgIpc) is 3.69. The van der Waals surface area contributed by atoms with E-state index >= 15 is 0 Å². The molecule has 180 valence electrons. The van der Waals surface area contributed by atoms with Crippen LogP contribution in [0.4, 0.5) is 0 Å². The minimum absolute atomic E-state index is 0.0452. The number of carbonyl (C=O) groups excluding carboxylic acids is 2. The zero-order chi connectivity index (χ0) is 23.9. The van der Waals surface area contributed by atoms with Crippen molar-refractivity contribution in [2.75, 3.05) is 6.54 Å². The number of carbonyl (C=O) groups is 3. The summed E-state index contributed by atoms with van der Waals surface area (Å²) in [6.45, 7) is 0.459. The number of Topliss-reactive ketones (excluding diaryl/α,β-unsaturated/α-hetero) is 1. The van der Waals surface area contributed by atoms with Crippen LogP contribution in [0.1, 0.15) is 90.0 Å². The molecule has 2 aromatic carbocycles. The molecule has 0 heterocycles. The molecule has 0 aromatic heterocycles. The van der Waals surface area contributed by atoms with Gasteiger partial charge >= 0.3 is 5.97 Å². The number of amides is 1. The summed E-state index contributed by atoms with van der Waals surface area (Å²) in [4.78, 5) is 35.6. The Balaban J connectivity index is 1.14. The lowest BCUT2D eigenvalue weighted by molar-refractivity contribution is -0.138. The molecule has 4 rings (SSSR count). The van der Waals surface area contributed by atoms with Crippen molar-refractivity contribution in [3.8, 4) is 5.75 Å². The number of rotatable bonds is 11. The topological polar surface area (TPSA) is 92.7 Å². The molecular weight excluding hydrogens is 430 g/mol. The molecule has 0 spiro atoms. The molecule has 0 saturated heterocycles. The Kier molecular flexibility index (Phi) is 7.99. The van der Waals surface area contributed by atoms with Crippen LogP contribution in [0.3, 0.4) is 0 Å². The van der Waals surface area contributed by atoms with Crippen LogP contribution in [0.15, 0.2) is 48.5 Å². The summed E-state index contributed by atoms with van der Waals surface area (Å²) < 4.78 is 6.03. The molecule has 0 radical (unpaired) electrons. The second-order valence-corrected chi connectivity index (χ2v) is 9.56. The highest BCUT2D eigenvalue weighted by atomic mass is 16.5. The van der Waals surface area contributed by atoms with E-state index in [1.807, 2.05) is 36.4 Å². The first kappa shape index (κ1) is 24.0. The molecule has 0 atom stereocenters. The molecular formula is C28H33NO5. The van der Waals surface area contributed by atoms with Crippen LogP contribution in [0.5, 0.6) is 5.75 Å². The number of carboxylic acid groups (broad SMARTS) is 1. The van der Waals surface area contributed by atoms with Crippen molar-refractivity contribution >= 4 is 17.7 Å². The smallest absolute Gasteiger partial charge is 0.303 e. The van der Waals surface area contributed by atoms with Gasteiger partial charge in [-0.25, -0.2) is 0 Å². The van der Waals surface area contributed by atoms with Gasteiger partial charge < -0.3 is 15.2 Å². The van der Waals surface area contributed by atoms with Gasteiger partial charge in [0.15, 0.2) is 5.78 Å². The van der Waals surface area contributed by atoms with Crippen LogP contribution in [0, 0.1) is 5.92 Å². The molecule has 0 bridgehead atoms. The zero-order valence-electron chi connectivity index (χ0n) is 19.5. The second kappa shape index (κ2) is 11.3. The predicted octanol–water partition coefficient (Wildman–Crippen LogP) is 5.37. The maximum absolute atomic E-state index is 12.5. The van der Waals surface area contributed by atoms with Gasteiger partial charge in [0.1, 0.15) is 5.75 Å². The van der Waals surface area contributed by atoms with E-state index in [4.69, 9.17) is 9.84 Å². The van der Waals surface area contributed by atoms with Crippen LogP contribution in [-0.4, -0.2) is 35.4 Å².